The van der Waals surface area contributed by atoms with Crippen molar-refractivity contribution >= 4 is 5.57 Å². The normalized spacial score (nSPS) is 29.3. The lowest BCUT2D eigenvalue weighted by atomic mass is 9.81. The molecule has 0 aromatic heterocycles. The smallest absolute Gasteiger partial charge is 0.201 e. The molecule has 1 heterocycles. The highest BCUT2D eigenvalue weighted by atomic mass is 17.2. The molecule has 1 unspecified atom stereocenters. The molecule has 1 atom stereocenters. The number of hydrogen-bond donors (Lipinski definition) is 0. The van der Waals surface area contributed by atoms with Crippen molar-refractivity contribution in [1.29, 1.82) is 0 Å². The molecule has 2 saturated carbocycles. The minimum atomic E-state index is -0.593. The summed E-state index contributed by atoms with van der Waals surface area (Å²) in [5.74, 6) is 0.688. The lowest BCUT2D eigenvalue weighted by Gasteiger charge is -2.43. The average molecular weight is 447 g/mol. The molecule has 3 fully saturated rings. The van der Waals surface area contributed by atoms with Gasteiger partial charge in [-0.25, -0.2) is 9.78 Å². The minimum absolute atomic E-state index is 0.255. The van der Waals surface area contributed by atoms with E-state index in [1.807, 2.05) is 0 Å². The number of hydrogen-bond acceptors (Lipinski definition) is 3. The second-order valence-corrected chi connectivity index (χ2v) is 10.3. The van der Waals surface area contributed by atoms with E-state index in [0.717, 1.165) is 36.8 Å². The van der Waals surface area contributed by atoms with Crippen LogP contribution in [0, 0.1) is 0 Å². The lowest BCUT2D eigenvalue weighted by Crippen LogP contribution is -2.47. The highest BCUT2D eigenvalue weighted by molar-refractivity contribution is 5.67. The summed E-state index contributed by atoms with van der Waals surface area (Å²) < 4.78 is 6.28. The minimum Gasteiger partial charge on any atom is -0.344 e. The fraction of sp³-hybridized carbons (Fsp3) is 0.533. The lowest BCUT2D eigenvalue weighted by molar-refractivity contribution is -0.483. The van der Waals surface area contributed by atoms with Gasteiger partial charge in [-0.15, -0.1) is 0 Å². The Bertz CT molecular complexity index is 878. The quantitative estimate of drug-likeness (QED) is 0.446. The Morgan fingerprint density at radius 1 is 0.727 bits per heavy atom. The zero-order valence-electron chi connectivity index (χ0n) is 19.8. The van der Waals surface area contributed by atoms with Gasteiger partial charge in [-0.05, 0) is 59.8 Å². The number of ether oxygens (including phenoxy) is 1. The van der Waals surface area contributed by atoms with Gasteiger partial charge >= 0.3 is 0 Å². The summed E-state index contributed by atoms with van der Waals surface area (Å²) in [6.45, 7) is 4.82. The molecular weight excluding hydrogens is 408 g/mol. The maximum atomic E-state index is 6.28. The average Bonchev–Trinajstić information content (AvgIpc) is 2.85. The van der Waals surface area contributed by atoms with Crippen LogP contribution in [0.3, 0.4) is 0 Å². The van der Waals surface area contributed by atoms with Crippen molar-refractivity contribution in [3.63, 3.8) is 0 Å². The Morgan fingerprint density at radius 2 is 1.33 bits per heavy atom. The van der Waals surface area contributed by atoms with Crippen LogP contribution in [0.1, 0.15) is 99.2 Å². The van der Waals surface area contributed by atoms with Gasteiger partial charge in [0.05, 0.1) is 6.61 Å². The van der Waals surface area contributed by atoms with Crippen molar-refractivity contribution in [2.75, 3.05) is 6.61 Å². The predicted molar refractivity (Wildman–Crippen MR) is 133 cm³/mol. The van der Waals surface area contributed by atoms with E-state index in [-0.39, 0.29) is 6.10 Å². The fourth-order valence-corrected chi connectivity index (χ4v) is 5.87. The van der Waals surface area contributed by atoms with Crippen molar-refractivity contribution in [2.24, 2.45) is 0 Å². The van der Waals surface area contributed by atoms with Gasteiger partial charge in [0.15, 0.2) is 0 Å². The summed E-state index contributed by atoms with van der Waals surface area (Å²) >= 11 is 0. The maximum Gasteiger partial charge on any atom is 0.201 e. The molecule has 3 aliphatic rings. The summed E-state index contributed by atoms with van der Waals surface area (Å²) in [4.78, 5) is 11.8. The van der Waals surface area contributed by atoms with Crippen LogP contribution in [0.25, 0.3) is 5.57 Å². The number of benzene rings is 2. The van der Waals surface area contributed by atoms with Gasteiger partial charge in [-0.2, -0.15) is 0 Å². The Balaban J connectivity index is 1.14. The first-order valence-electron chi connectivity index (χ1n) is 13.0. The second kappa shape index (κ2) is 10.5. The topological polar surface area (TPSA) is 27.7 Å². The van der Waals surface area contributed by atoms with Gasteiger partial charge in [-0.3, -0.25) is 0 Å². The van der Waals surface area contributed by atoms with Gasteiger partial charge in [0.1, 0.15) is 6.10 Å². The zero-order chi connectivity index (χ0) is 22.5. The maximum absolute atomic E-state index is 6.28. The molecule has 3 nitrogen and oxygen atoms in total. The summed E-state index contributed by atoms with van der Waals surface area (Å²) in [5.41, 5.74) is 4.94. The zero-order valence-corrected chi connectivity index (χ0v) is 19.8. The third-order valence-corrected chi connectivity index (χ3v) is 8.08. The van der Waals surface area contributed by atoms with E-state index in [1.54, 1.807) is 0 Å². The molecule has 1 saturated heterocycles. The van der Waals surface area contributed by atoms with Gasteiger partial charge in [-0.1, -0.05) is 93.3 Å². The van der Waals surface area contributed by atoms with E-state index in [1.165, 1.54) is 56.1 Å². The van der Waals surface area contributed by atoms with Gasteiger partial charge < -0.3 is 4.74 Å². The molecule has 176 valence electrons. The van der Waals surface area contributed by atoms with Crippen molar-refractivity contribution in [2.45, 2.75) is 94.4 Å². The summed E-state index contributed by atoms with van der Waals surface area (Å²) in [6.07, 6.45) is 13.1. The Morgan fingerprint density at radius 3 is 1.97 bits per heavy atom. The molecular formula is C30H38O3. The molecule has 2 aliphatic carbocycles. The van der Waals surface area contributed by atoms with E-state index in [4.69, 9.17) is 14.5 Å². The molecule has 1 aliphatic heterocycles. The molecule has 0 N–H and O–H groups in total. The molecule has 0 radical (unpaired) electrons. The van der Waals surface area contributed by atoms with Crippen LogP contribution in [0.4, 0.5) is 0 Å². The first kappa shape index (κ1) is 22.8. The van der Waals surface area contributed by atoms with Crippen LogP contribution in [0.15, 0.2) is 61.2 Å². The second-order valence-electron chi connectivity index (χ2n) is 10.3. The Hall–Kier alpha value is -1.94. The van der Waals surface area contributed by atoms with Crippen molar-refractivity contribution < 1.29 is 14.5 Å². The van der Waals surface area contributed by atoms with E-state index in [0.29, 0.717) is 18.4 Å². The fourth-order valence-electron chi connectivity index (χ4n) is 5.87. The molecule has 1 spiro atoms. The van der Waals surface area contributed by atoms with Crippen molar-refractivity contribution in [3.05, 3.63) is 77.9 Å². The van der Waals surface area contributed by atoms with E-state index in [2.05, 4.69) is 61.2 Å². The predicted octanol–water partition coefficient (Wildman–Crippen LogP) is 7.93. The van der Waals surface area contributed by atoms with Crippen LogP contribution in [0.5, 0.6) is 0 Å². The van der Waals surface area contributed by atoms with Gasteiger partial charge in [0.2, 0.25) is 5.79 Å². The van der Waals surface area contributed by atoms with E-state index < -0.39 is 5.79 Å². The SMILES string of the molecule is C=C(c1ccc(C2CCCCCCC2)cc1)C1COC2(CCC(c3ccccc3)CC2)OO1. The molecule has 33 heavy (non-hydrogen) atoms. The molecule has 3 heteroatoms. The van der Waals surface area contributed by atoms with Crippen molar-refractivity contribution in [3.8, 4) is 0 Å². The summed E-state index contributed by atoms with van der Waals surface area (Å²) in [5, 5.41) is 0. The molecule has 0 bridgehead atoms. The van der Waals surface area contributed by atoms with Crippen molar-refractivity contribution in [1.82, 2.24) is 0 Å². The Labute approximate surface area is 199 Å². The standard InChI is InChI=1S/C30H38O3/c1-23(24-14-16-27(17-15-24)25-10-6-3-2-4-7-11-25)29-22-31-30(33-32-29)20-18-28(19-21-30)26-12-8-5-9-13-26/h5,8-9,12-17,25,28-29H,1-4,6-7,10-11,18-22H2. The van der Waals surface area contributed by atoms with E-state index in [9.17, 15) is 0 Å². The van der Waals surface area contributed by atoms with Crippen LogP contribution in [-0.4, -0.2) is 18.5 Å². The first-order valence-corrected chi connectivity index (χ1v) is 13.0. The first-order chi connectivity index (χ1) is 16.2. The van der Waals surface area contributed by atoms with Crippen LogP contribution >= 0.6 is 0 Å². The summed E-state index contributed by atoms with van der Waals surface area (Å²) in [6, 6.07) is 19.8. The van der Waals surface area contributed by atoms with Crippen LogP contribution in [0.2, 0.25) is 0 Å². The highest BCUT2D eigenvalue weighted by Gasteiger charge is 2.43. The monoisotopic (exact) mass is 446 g/mol. The highest BCUT2D eigenvalue weighted by Crippen LogP contribution is 2.43. The third kappa shape index (κ3) is 5.42. The molecule has 5 rings (SSSR count). The Kier molecular flexibility index (Phi) is 7.30. The molecule has 2 aromatic rings. The summed E-state index contributed by atoms with van der Waals surface area (Å²) in [7, 11) is 0. The third-order valence-electron chi connectivity index (χ3n) is 8.08. The number of rotatable bonds is 4. The van der Waals surface area contributed by atoms with Gasteiger partial charge in [0, 0.05) is 12.8 Å². The van der Waals surface area contributed by atoms with E-state index >= 15 is 0 Å². The van der Waals surface area contributed by atoms with Crippen LogP contribution in [-0.2, 0) is 14.5 Å². The largest absolute Gasteiger partial charge is 0.344 e. The molecule has 0 amide bonds. The van der Waals surface area contributed by atoms with Gasteiger partial charge in [0.25, 0.3) is 0 Å². The molecule has 2 aromatic carbocycles. The van der Waals surface area contributed by atoms with Crippen LogP contribution < -0.4 is 0 Å².